The van der Waals surface area contributed by atoms with Crippen LogP contribution in [-0.2, 0) is 0 Å². The van der Waals surface area contributed by atoms with Crippen molar-refractivity contribution in [3.05, 3.63) is 83.4 Å². The van der Waals surface area contributed by atoms with Gasteiger partial charge in [0.1, 0.15) is 23.0 Å². The summed E-state index contributed by atoms with van der Waals surface area (Å²) in [5, 5.41) is 0.880. The molecule has 8 heteroatoms. The molecule has 7 nitrogen and oxygen atoms in total. The van der Waals surface area contributed by atoms with Crippen LogP contribution in [0.25, 0.3) is 11.0 Å². The van der Waals surface area contributed by atoms with Crippen molar-refractivity contribution < 1.29 is 13.9 Å². The number of fused-ring (bicyclic) bond motifs is 1. The van der Waals surface area contributed by atoms with E-state index in [0.29, 0.717) is 34.9 Å². The minimum Gasteiger partial charge on any atom is -0.455 e. The Labute approximate surface area is 252 Å². The molecule has 1 saturated carbocycles. The first-order valence-electron chi connectivity index (χ1n) is 15.6. The summed E-state index contributed by atoms with van der Waals surface area (Å²) < 4.78 is 21.5. The lowest BCUT2D eigenvalue weighted by atomic mass is 9.59. The van der Waals surface area contributed by atoms with Gasteiger partial charge in [-0.2, -0.15) is 0 Å². The van der Waals surface area contributed by atoms with Crippen LogP contribution in [0.1, 0.15) is 85.8 Å². The molecule has 2 aromatic carbocycles. The van der Waals surface area contributed by atoms with Gasteiger partial charge in [-0.15, -0.1) is 0 Å². The number of hydrogen-bond donors (Lipinski definition) is 2. The zero-order valence-electron chi connectivity index (χ0n) is 25.0. The maximum atomic E-state index is 15.4. The second-order valence-electron chi connectivity index (χ2n) is 13.1. The largest absolute Gasteiger partial charge is 0.455 e. The Morgan fingerprint density at radius 1 is 1.12 bits per heavy atom. The molecule has 4 heterocycles. The zero-order valence-corrected chi connectivity index (χ0v) is 25.0. The summed E-state index contributed by atoms with van der Waals surface area (Å²) in [7, 11) is 0. The molecule has 2 aromatic heterocycles. The Balaban J connectivity index is 1.04. The molecule has 3 N–H and O–H groups in total. The van der Waals surface area contributed by atoms with E-state index in [1.807, 2.05) is 12.1 Å². The van der Waals surface area contributed by atoms with Crippen LogP contribution in [0.5, 0.6) is 11.5 Å². The summed E-state index contributed by atoms with van der Waals surface area (Å²) in [6, 6.07) is 16.7. The summed E-state index contributed by atoms with van der Waals surface area (Å²) in [5.41, 5.74) is 10.1. The molecule has 1 spiro atoms. The van der Waals surface area contributed by atoms with E-state index < -0.39 is 11.7 Å². The molecule has 3 aliphatic rings. The molecule has 2 saturated heterocycles. The highest BCUT2D eigenvalue weighted by Crippen LogP contribution is 2.54. The van der Waals surface area contributed by atoms with Gasteiger partial charge in [0.05, 0.1) is 17.4 Å². The van der Waals surface area contributed by atoms with Crippen LogP contribution in [0.4, 0.5) is 10.1 Å². The van der Waals surface area contributed by atoms with Gasteiger partial charge in [-0.25, -0.2) is 9.37 Å². The fourth-order valence-corrected chi connectivity index (χ4v) is 7.87. The number of nitrogens with zero attached hydrogens (tertiary/aromatic N) is 3. The number of nitrogens with one attached hydrogen (secondary N) is 1. The highest BCUT2D eigenvalue weighted by molar-refractivity contribution is 5.96. The molecule has 1 atom stereocenters. The van der Waals surface area contributed by atoms with Crippen molar-refractivity contribution in [2.45, 2.75) is 70.4 Å². The molecule has 7 rings (SSSR count). The maximum absolute atomic E-state index is 15.4. The first kappa shape index (κ1) is 27.9. The SMILES string of the molecule is CC(C)c1ccccc1[C@@H]1CCCN1C1CC2(CCN(c3cc(Oc4cnc5[nH]ccc5c4)c(C(N)=O)cc3F)CC2)C1. The van der Waals surface area contributed by atoms with Gasteiger partial charge in [0, 0.05) is 42.8 Å². The number of H-pyrrole nitrogens is 1. The van der Waals surface area contributed by atoms with Crippen molar-refractivity contribution in [1.82, 2.24) is 14.9 Å². The lowest BCUT2D eigenvalue weighted by Crippen LogP contribution is -2.55. The van der Waals surface area contributed by atoms with E-state index in [0.717, 1.165) is 37.0 Å². The van der Waals surface area contributed by atoms with E-state index in [1.165, 1.54) is 49.4 Å². The molecule has 0 bridgehead atoms. The average molecular weight is 582 g/mol. The van der Waals surface area contributed by atoms with E-state index in [2.05, 4.69) is 57.9 Å². The number of piperidine rings is 1. The number of aromatic nitrogens is 2. The maximum Gasteiger partial charge on any atom is 0.252 e. The van der Waals surface area contributed by atoms with E-state index in [1.54, 1.807) is 18.5 Å². The zero-order chi connectivity index (χ0) is 29.7. The number of carbonyl (C=O) groups excluding carboxylic acids is 1. The molecular formula is C35H40FN5O2. The summed E-state index contributed by atoms with van der Waals surface area (Å²) >= 11 is 0. The van der Waals surface area contributed by atoms with Gasteiger partial charge < -0.3 is 20.4 Å². The second kappa shape index (κ2) is 11.0. The number of nitrogens with two attached hydrogens (primary N) is 1. The van der Waals surface area contributed by atoms with E-state index in [-0.39, 0.29) is 11.3 Å². The summed E-state index contributed by atoms with van der Waals surface area (Å²) in [5.74, 6) is 0.0448. The fraction of sp³-hybridized carbons (Fsp3) is 0.429. The van der Waals surface area contributed by atoms with Crippen molar-refractivity contribution in [2.75, 3.05) is 24.5 Å². The van der Waals surface area contributed by atoms with Crippen LogP contribution in [0.3, 0.4) is 0 Å². The lowest BCUT2D eigenvalue weighted by molar-refractivity contribution is -0.0228. The molecule has 43 heavy (non-hydrogen) atoms. The first-order chi connectivity index (χ1) is 20.8. The van der Waals surface area contributed by atoms with Crippen LogP contribution in [0.15, 0.2) is 60.9 Å². The summed E-state index contributed by atoms with van der Waals surface area (Å²) in [6.45, 7) is 7.31. The molecular weight excluding hydrogens is 541 g/mol. The Morgan fingerprint density at radius 3 is 2.67 bits per heavy atom. The topological polar surface area (TPSA) is 87.5 Å². The van der Waals surface area contributed by atoms with Gasteiger partial charge in [0.2, 0.25) is 0 Å². The minimum absolute atomic E-state index is 0.0185. The predicted molar refractivity (Wildman–Crippen MR) is 167 cm³/mol. The lowest BCUT2D eigenvalue weighted by Gasteiger charge is -2.56. The van der Waals surface area contributed by atoms with Gasteiger partial charge >= 0.3 is 0 Å². The van der Waals surface area contributed by atoms with E-state index in [4.69, 9.17) is 10.5 Å². The molecule has 3 fully saturated rings. The van der Waals surface area contributed by atoms with Gasteiger partial charge in [0.15, 0.2) is 0 Å². The van der Waals surface area contributed by atoms with Crippen LogP contribution < -0.4 is 15.4 Å². The van der Waals surface area contributed by atoms with Crippen molar-refractivity contribution in [1.29, 1.82) is 0 Å². The number of ether oxygens (including phenoxy) is 1. The number of halogens is 1. The van der Waals surface area contributed by atoms with Crippen LogP contribution in [0, 0.1) is 11.2 Å². The number of amides is 1. The number of benzene rings is 2. The quantitative estimate of drug-likeness (QED) is 0.239. The number of carbonyl (C=O) groups is 1. The van der Waals surface area contributed by atoms with Gasteiger partial charge in [0.25, 0.3) is 5.91 Å². The predicted octanol–water partition coefficient (Wildman–Crippen LogP) is 7.30. The highest BCUT2D eigenvalue weighted by atomic mass is 19.1. The minimum atomic E-state index is -0.731. The average Bonchev–Trinajstić information content (AvgIpc) is 3.66. The Morgan fingerprint density at radius 2 is 1.91 bits per heavy atom. The molecule has 0 radical (unpaired) electrons. The van der Waals surface area contributed by atoms with Crippen molar-refractivity contribution in [3.8, 4) is 11.5 Å². The Hall–Kier alpha value is -3.91. The Bertz CT molecular complexity index is 1650. The van der Waals surface area contributed by atoms with Crippen molar-refractivity contribution in [3.63, 3.8) is 0 Å². The number of primary amides is 1. The number of anilines is 1. The molecule has 1 aliphatic carbocycles. The third-order valence-electron chi connectivity index (χ3n) is 10.2. The van der Waals surface area contributed by atoms with Gasteiger partial charge in [-0.3, -0.25) is 9.69 Å². The van der Waals surface area contributed by atoms with E-state index in [9.17, 15) is 4.79 Å². The van der Waals surface area contributed by atoms with Gasteiger partial charge in [-0.05, 0) is 85.7 Å². The van der Waals surface area contributed by atoms with Crippen LogP contribution >= 0.6 is 0 Å². The Kier molecular flexibility index (Phi) is 7.12. The number of hydrogen-bond acceptors (Lipinski definition) is 5. The van der Waals surface area contributed by atoms with Crippen LogP contribution in [-0.4, -0.2) is 46.5 Å². The molecule has 224 valence electrons. The molecule has 1 amide bonds. The number of rotatable bonds is 7. The van der Waals surface area contributed by atoms with Gasteiger partial charge in [-0.1, -0.05) is 38.1 Å². The fourth-order valence-electron chi connectivity index (χ4n) is 7.87. The number of likely N-dealkylation sites (tertiary alicyclic amines) is 1. The van der Waals surface area contributed by atoms with E-state index >= 15 is 4.39 Å². The molecule has 2 aliphatic heterocycles. The molecule has 0 unspecified atom stereocenters. The first-order valence-corrected chi connectivity index (χ1v) is 15.6. The monoisotopic (exact) mass is 581 g/mol. The van der Waals surface area contributed by atoms with Crippen molar-refractivity contribution >= 4 is 22.6 Å². The highest BCUT2D eigenvalue weighted by Gasteiger charge is 2.50. The number of aromatic amines is 1. The standard InChI is InChI=1S/C35H40FN5O2/c1-22(2)26-6-3-4-7-27(26)30-8-5-13-41(30)24-19-35(20-24)10-14-40(15-11-35)31-18-32(28(33(37)42)17-29(31)36)43-25-16-23-9-12-38-34(23)39-21-25/h3-4,6-7,9,12,16-18,21-22,24,30H,5,8,10-11,13-15,19-20H2,1-2H3,(H2,37,42)(H,38,39)/t30-/m0/s1. The summed E-state index contributed by atoms with van der Waals surface area (Å²) in [4.78, 5) is 24.5. The third-order valence-corrected chi connectivity index (χ3v) is 10.2. The summed E-state index contributed by atoms with van der Waals surface area (Å²) in [6.07, 6.45) is 10.4. The van der Waals surface area contributed by atoms with Crippen molar-refractivity contribution in [2.24, 2.45) is 11.1 Å². The third kappa shape index (κ3) is 5.16. The normalized spacial score (nSPS) is 20.7. The van der Waals surface area contributed by atoms with Crippen LogP contribution in [0.2, 0.25) is 0 Å². The smallest absolute Gasteiger partial charge is 0.252 e. The molecule has 4 aromatic rings. The number of pyridine rings is 1. The second-order valence-corrected chi connectivity index (χ2v) is 13.1.